The van der Waals surface area contributed by atoms with Gasteiger partial charge in [-0.2, -0.15) is 5.26 Å². The van der Waals surface area contributed by atoms with Crippen molar-refractivity contribution in [3.05, 3.63) is 38.7 Å². The largest absolute Gasteiger partial charge is 0.325 e. The van der Waals surface area contributed by atoms with Crippen LogP contribution in [0.5, 0.6) is 0 Å². The van der Waals surface area contributed by atoms with E-state index in [0.29, 0.717) is 5.56 Å². The van der Waals surface area contributed by atoms with Gasteiger partial charge in [0.1, 0.15) is 0 Å². The summed E-state index contributed by atoms with van der Waals surface area (Å²) < 4.78 is 0. The molecule has 2 N–H and O–H groups in total. The lowest BCUT2D eigenvalue weighted by atomic mass is 10.3. The van der Waals surface area contributed by atoms with Gasteiger partial charge in [0, 0.05) is 6.20 Å². The van der Waals surface area contributed by atoms with E-state index >= 15 is 0 Å². The monoisotopic (exact) mass is 177 g/mol. The maximum atomic E-state index is 11.0. The van der Waals surface area contributed by atoms with Crippen molar-refractivity contribution in [2.75, 3.05) is 0 Å². The first kappa shape index (κ1) is 9.00. The number of hydrogen-bond acceptors (Lipinski definition) is 3. The average Bonchev–Trinajstić information content (AvgIpc) is 2.09. The third-order valence-electron chi connectivity index (χ3n) is 1.35. The standard InChI is InChI=1S/C8H7N3O2/c9-4-2-1-3-6-5-10-8(13)11-7(6)12/h1,3,5H,2H2,(H2,10,11,12,13)/b3-1+. The highest BCUT2D eigenvalue weighted by Crippen LogP contribution is 1.90. The van der Waals surface area contributed by atoms with Gasteiger partial charge < -0.3 is 4.98 Å². The molecular weight excluding hydrogens is 170 g/mol. The Bertz CT molecular complexity index is 461. The molecule has 0 aliphatic carbocycles. The molecule has 0 aliphatic heterocycles. The van der Waals surface area contributed by atoms with Gasteiger partial charge in [0.2, 0.25) is 0 Å². The second kappa shape index (κ2) is 4.07. The summed E-state index contributed by atoms with van der Waals surface area (Å²) in [7, 11) is 0. The fraction of sp³-hybridized carbons (Fsp3) is 0.125. The summed E-state index contributed by atoms with van der Waals surface area (Å²) in [5, 5.41) is 8.21. The molecule has 0 amide bonds. The van der Waals surface area contributed by atoms with Crippen LogP contribution in [-0.2, 0) is 0 Å². The van der Waals surface area contributed by atoms with E-state index in [1.165, 1.54) is 12.3 Å². The van der Waals surface area contributed by atoms with Gasteiger partial charge in [-0.25, -0.2) is 4.79 Å². The minimum Gasteiger partial charge on any atom is -0.314 e. The number of aromatic amines is 2. The van der Waals surface area contributed by atoms with Gasteiger partial charge in [0.25, 0.3) is 5.56 Å². The summed E-state index contributed by atoms with van der Waals surface area (Å²) in [5.74, 6) is 0. The minimum atomic E-state index is -0.539. The number of rotatable bonds is 2. The smallest absolute Gasteiger partial charge is 0.314 e. The summed E-state index contributed by atoms with van der Waals surface area (Å²) in [6.45, 7) is 0. The van der Waals surface area contributed by atoms with E-state index < -0.39 is 11.2 Å². The maximum Gasteiger partial charge on any atom is 0.325 e. The van der Waals surface area contributed by atoms with Crippen molar-refractivity contribution < 1.29 is 0 Å². The van der Waals surface area contributed by atoms with Crippen molar-refractivity contribution in [1.29, 1.82) is 5.26 Å². The summed E-state index contributed by atoms with van der Waals surface area (Å²) in [6, 6.07) is 1.90. The van der Waals surface area contributed by atoms with E-state index in [2.05, 4.69) is 9.97 Å². The Labute approximate surface area is 73.4 Å². The molecule has 0 spiro atoms. The number of aromatic nitrogens is 2. The van der Waals surface area contributed by atoms with Gasteiger partial charge >= 0.3 is 5.69 Å². The molecule has 66 valence electrons. The summed E-state index contributed by atoms with van der Waals surface area (Å²) >= 11 is 0. The van der Waals surface area contributed by atoms with E-state index in [9.17, 15) is 9.59 Å². The average molecular weight is 177 g/mol. The number of nitrogens with one attached hydrogen (secondary N) is 2. The summed E-state index contributed by atoms with van der Waals surface area (Å²) in [6.07, 6.45) is 4.56. The predicted molar refractivity (Wildman–Crippen MR) is 46.9 cm³/mol. The van der Waals surface area contributed by atoms with Gasteiger partial charge in [-0.15, -0.1) is 0 Å². The zero-order chi connectivity index (χ0) is 9.68. The second-order valence-corrected chi connectivity index (χ2v) is 2.29. The molecular formula is C8H7N3O2. The summed E-state index contributed by atoms with van der Waals surface area (Å²) in [5.41, 5.74) is -0.671. The van der Waals surface area contributed by atoms with Crippen LogP contribution in [0.3, 0.4) is 0 Å². The molecule has 0 aromatic carbocycles. The molecule has 1 rings (SSSR count). The van der Waals surface area contributed by atoms with Crippen LogP contribution in [0.4, 0.5) is 0 Å². The topological polar surface area (TPSA) is 89.5 Å². The number of nitriles is 1. The van der Waals surface area contributed by atoms with Crippen LogP contribution in [0.2, 0.25) is 0 Å². The Hall–Kier alpha value is -2.09. The molecule has 0 aliphatic rings. The predicted octanol–water partition coefficient (Wildman–Crippen LogP) is -0.00992. The van der Waals surface area contributed by atoms with E-state index in [4.69, 9.17) is 5.26 Å². The molecule has 1 aromatic rings. The van der Waals surface area contributed by atoms with E-state index in [1.54, 1.807) is 6.08 Å². The van der Waals surface area contributed by atoms with E-state index in [0.717, 1.165) is 0 Å². The second-order valence-electron chi connectivity index (χ2n) is 2.29. The lowest BCUT2D eigenvalue weighted by molar-refractivity contribution is 1.03. The molecule has 0 saturated carbocycles. The maximum absolute atomic E-state index is 11.0. The minimum absolute atomic E-state index is 0.235. The van der Waals surface area contributed by atoms with E-state index in [-0.39, 0.29) is 6.42 Å². The highest BCUT2D eigenvalue weighted by atomic mass is 16.2. The fourth-order valence-electron chi connectivity index (χ4n) is 0.783. The van der Waals surface area contributed by atoms with Gasteiger partial charge in [-0.3, -0.25) is 9.78 Å². The molecule has 0 saturated heterocycles. The quantitative estimate of drug-likeness (QED) is 0.665. The number of hydrogen-bond donors (Lipinski definition) is 2. The highest BCUT2D eigenvalue weighted by molar-refractivity contribution is 5.46. The first-order chi connectivity index (χ1) is 6.24. The van der Waals surface area contributed by atoms with Gasteiger partial charge in [0.15, 0.2) is 0 Å². The molecule has 5 heteroatoms. The van der Waals surface area contributed by atoms with Crippen LogP contribution in [0.1, 0.15) is 12.0 Å². The first-order valence-corrected chi connectivity index (χ1v) is 3.59. The Morgan fingerprint density at radius 1 is 1.54 bits per heavy atom. The Kier molecular flexibility index (Phi) is 2.82. The highest BCUT2D eigenvalue weighted by Gasteiger charge is 1.93. The molecule has 5 nitrogen and oxygen atoms in total. The van der Waals surface area contributed by atoms with Crippen LogP contribution in [0, 0.1) is 11.3 Å². The third-order valence-corrected chi connectivity index (χ3v) is 1.35. The van der Waals surface area contributed by atoms with E-state index in [1.807, 2.05) is 6.07 Å². The SMILES string of the molecule is N#CC/C=C/c1c[nH]c(=O)[nH]c1=O. The Morgan fingerprint density at radius 3 is 2.92 bits per heavy atom. The van der Waals surface area contributed by atoms with Crippen molar-refractivity contribution in [2.45, 2.75) is 6.42 Å². The van der Waals surface area contributed by atoms with Crippen molar-refractivity contribution in [1.82, 2.24) is 9.97 Å². The zero-order valence-corrected chi connectivity index (χ0v) is 6.70. The van der Waals surface area contributed by atoms with Crippen LogP contribution in [0.25, 0.3) is 6.08 Å². The van der Waals surface area contributed by atoms with Crippen molar-refractivity contribution in [2.24, 2.45) is 0 Å². The number of H-pyrrole nitrogens is 2. The lowest BCUT2D eigenvalue weighted by Crippen LogP contribution is -2.22. The first-order valence-electron chi connectivity index (χ1n) is 3.59. The van der Waals surface area contributed by atoms with Crippen LogP contribution >= 0.6 is 0 Å². The molecule has 0 bridgehead atoms. The Balaban J connectivity index is 2.98. The molecule has 0 radical (unpaired) electrons. The lowest BCUT2D eigenvalue weighted by Gasteiger charge is -1.88. The molecule has 1 aromatic heterocycles. The van der Waals surface area contributed by atoms with Crippen LogP contribution < -0.4 is 11.2 Å². The number of allylic oxidation sites excluding steroid dienone is 1. The molecule has 1 heterocycles. The van der Waals surface area contributed by atoms with Gasteiger partial charge in [-0.05, 0) is 0 Å². The molecule has 0 fully saturated rings. The zero-order valence-electron chi connectivity index (χ0n) is 6.70. The molecule has 13 heavy (non-hydrogen) atoms. The van der Waals surface area contributed by atoms with Gasteiger partial charge in [-0.1, -0.05) is 12.2 Å². The normalized spacial score (nSPS) is 10.1. The number of nitrogens with zero attached hydrogens (tertiary/aromatic N) is 1. The molecule has 0 atom stereocenters. The van der Waals surface area contributed by atoms with Crippen LogP contribution in [-0.4, -0.2) is 9.97 Å². The third kappa shape index (κ3) is 2.45. The van der Waals surface area contributed by atoms with Crippen molar-refractivity contribution >= 4 is 6.08 Å². The fourth-order valence-corrected chi connectivity index (χ4v) is 0.783. The van der Waals surface area contributed by atoms with Crippen LogP contribution in [0.15, 0.2) is 21.9 Å². The van der Waals surface area contributed by atoms with Crippen molar-refractivity contribution in [3.8, 4) is 6.07 Å². The summed E-state index contributed by atoms with van der Waals surface area (Å²) in [4.78, 5) is 26.0. The van der Waals surface area contributed by atoms with Crippen molar-refractivity contribution in [3.63, 3.8) is 0 Å². The Morgan fingerprint density at radius 2 is 2.31 bits per heavy atom. The van der Waals surface area contributed by atoms with Gasteiger partial charge in [0.05, 0.1) is 18.1 Å². The molecule has 0 unspecified atom stereocenters.